The summed E-state index contributed by atoms with van der Waals surface area (Å²) in [6.07, 6.45) is 1.06. The summed E-state index contributed by atoms with van der Waals surface area (Å²) in [6, 6.07) is 15.5. The molecule has 2 saturated heterocycles. The zero-order valence-electron chi connectivity index (χ0n) is 17.6. The molecule has 2 amide bonds. The van der Waals surface area contributed by atoms with E-state index in [1.54, 1.807) is 17.0 Å². The van der Waals surface area contributed by atoms with E-state index in [1.807, 2.05) is 43.0 Å². The van der Waals surface area contributed by atoms with E-state index >= 15 is 0 Å². The molecule has 0 aliphatic carbocycles. The molecule has 6 heteroatoms. The quantitative estimate of drug-likeness (QED) is 0.750. The minimum absolute atomic E-state index is 0.00809. The second-order valence-corrected chi connectivity index (χ2v) is 8.14. The van der Waals surface area contributed by atoms with Crippen molar-refractivity contribution in [3.63, 3.8) is 0 Å². The number of benzene rings is 2. The van der Waals surface area contributed by atoms with Crippen molar-refractivity contribution in [1.29, 1.82) is 0 Å². The zero-order valence-corrected chi connectivity index (χ0v) is 17.6. The van der Waals surface area contributed by atoms with E-state index in [9.17, 15) is 9.59 Å². The maximum absolute atomic E-state index is 12.8. The van der Waals surface area contributed by atoms with Gasteiger partial charge in [0, 0.05) is 38.0 Å². The van der Waals surface area contributed by atoms with Crippen LogP contribution in [0.25, 0.3) is 0 Å². The zero-order chi connectivity index (χ0) is 21.1. The molecule has 2 aromatic carbocycles. The van der Waals surface area contributed by atoms with Gasteiger partial charge in [0.05, 0.1) is 13.2 Å². The van der Waals surface area contributed by atoms with Crippen LogP contribution in [0.1, 0.15) is 41.3 Å². The molecule has 2 fully saturated rings. The molecular formula is C24H28N2O4. The van der Waals surface area contributed by atoms with E-state index in [1.165, 1.54) is 5.56 Å². The first-order chi connectivity index (χ1) is 14.5. The molecule has 30 heavy (non-hydrogen) atoms. The van der Waals surface area contributed by atoms with Gasteiger partial charge in [-0.3, -0.25) is 9.69 Å². The number of carbonyl (C=O) groups is 2. The van der Waals surface area contributed by atoms with Crippen LogP contribution in [-0.2, 0) is 11.3 Å². The molecule has 0 unspecified atom stereocenters. The normalized spacial score (nSPS) is 17.9. The van der Waals surface area contributed by atoms with Crippen molar-refractivity contribution in [2.24, 2.45) is 0 Å². The van der Waals surface area contributed by atoms with Crippen molar-refractivity contribution in [3.8, 4) is 5.75 Å². The van der Waals surface area contributed by atoms with Gasteiger partial charge in [0.2, 0.25) is 0 Å². The van der Waals surface area contributed by atoms with E-state index in [2.05, 4.69) is 12.1 Å². The Morgan fingerprint density at radius 3 is 2.37 bits per heavy atom. The van der Waals surface area contributed by atoms with Gasteiger partial charge in [-0.2, -0.15) is 0 Å². The lowest BCUT2D eigenvalue weighted by atomic mass is 9.91. The lowest BCUT2D eigenvalue weighted by Gasteiger charge is -2.37. The monoisotopic (exact) mass is 408 g/mol. The molecule has 0 bridgehead atoms. The smallest absolute Gasteiger partial charge is 0.410 e. The molecule has 2 aromatic rings. The van der Waals surface area contributed by atoms with Crippen LogP contribution in [0, 0.1) is 6.92 Å². The van der Waals surface area contributed by atoms with E-state index in [0.717, 1.165) is 11.3 Å². The number of hydrogen-bond donors (Lipinski definition) is 0. The van der Waals surface area contributed by atoms with Gasteiger partial charge >= 0.3 is 6.09 Å². The second-order valence-electron chi connectivity index (χ2n) is 8.14. The van der Waals surface area contributed by atoms with Gasteiger partial charge in [-0.05, 0) is 43.7 Å². The molecule has 0 N–H and O–H groups in total. The van der Waals surface area contributed by atoms with Crippen LogP contribution in [-0.4, -0.2) is 53.6 Å². The maximum atomic E-state index is 12.8. The highest BCUT2D eigenvalue weighted by molar-refractivity contribution is 5.94. The summed E-state index contributed by atoms with van der Waals surface area (Å²) in [5.41, 5.74) is 2.46. The Balaban J connectivity index is 1.34. The lowest BCUT2D eigenvalue weighted by molar-refractivity contribution is 0.00313. The van der Waals surface area contributed by atoms with E-state index < -0.39 is 5.60 Å². The molecule has 0 aromatic heterocycles. The topological polar surface area (TPSA) is 59.1 Å². The van der Waals surface area contributed by atoms with Gasteiger partial charge in [-0.25, -0.2) is 4.79 Å². The van der Waals surface area contributed by atoms with Gasteiger partial charge < -0.3 is 14.4 Å². The molecule has 158 valence electrons. The van der Waals surface area contributed by atoms with Gasteiger partial charge in [0.15, 0.2) is 0 Å². The average Bonchev–Trinajstić information content (AvgIpc) is 3.05. The minimum Gasteiger partial charge on any atom is -0.494 e. The SMILES string of the molecule is CCOc1ccc(C(=O)N2CCC3(CC2)CN(Cc2ccc(C)cc2)C(=O)O3)cc1. The van der Waals surface area contributed by atoms with Crippen LogP contribution in [0.15, 0.2) is 48.5 Å². The van der Waals surface area contributed by atoms with Crippen LogP contribution in [0.5, 0.6) is 5.75 Å². The average molecular weight is 408 g/mol. The number of piperidine rings is 1. The summed E-state index contributed by atoms with van der Waals surface area (Å²) in [7, 11) is 0. The lowest BCUT2D eigenvalue weighted by Crippen LogP contribution is -2.48. The highest BCUT2D eigenvalue weighted by Crippen LogP contribution is 2.34. The molecule has 0 atom stereocenters. The fraction of sp³-hybridized carbons (Fsp3) is 0.417. The number of rotatable bonds is 5. The molecule has 0 saturated carbocycles. The molecule has 0 radical (unpaired) electrons. The Hall–Kier alpha value is -3.02. The first-order valence-corrected chi connectivity index (χ1v) is 10.5. The third kappa shape index (κ3) is 4.27. The number of hydrogen-bond acceptors (Lipinski definition) is 4. The van der Waals surface area contributed by atoms with Gasteiger partial charge in [-0.15, -0.1) is 0 Å². The molecule has 6 nitrogen and oxygen atoms in total. The van der Waals surface area contributed by atoms with Crippen LogP contribution >= 0.6 is 0 Å². The first kappa shape index (κ1) is 20.3. The van der Waals surface area contributed by atoms with E-state index in [-0.39, 0.29) is 12.0 Å². The Morgan fingerprint density at radius 2 is 1.73 bits per heavy atom. The fourth-order valence-electron chi connectivity index (χ4n) is 4.15. The largest absolute Gasteiger partial charge is 0.494 e. The summed E-state index contributed by atoms with van der Waals surface area (Å²) >= 11 is 0. The molecule has 2 aliphatic rings. The number of nitrogens with zero attached hydrogens (tertiary/aromatic N) is 2. The van der Waals surface area contributed by atoms with Crippen LogP contribution in [0.3, 0.4) is 0 Å². The predicted molar refractivity (Wildman–Crippen MR) is 114 cm³/mol. The van der Waals surface area contributed by atoms with Crippen molar-refractivity contribution in [1.82, 2.24) is 9.80 Å². The summed E-state index contributed by atoms with van der Waals surface area (Å²) in [6.45, 7) is 6.86. The molecule has 1 spiro atoms. The highest BCUT2D eigenvalue weighted by Gasteiger charge is 2.47. The number of ether oxygens (including phenoxy) is 2. The van der Waals surface area contributed by atoms with Crippen LogP contribution < -0.4 is 4.74 Å². The number of amides is 2. The molecular weight excluding hydrogens is 380 g/mol. The molecule has 2 heterocycles. The summed E-state index contributed by atoms with van der Waals surface area (Å²) in [5.74, 6) is 0.770. The second kappa shape index (κ2) is 8.38. The Labute approximate surface area is 177 Å². The molecule has 2 aliphatic heterocycles. The highest BCUT2D eigenvalue weighted by atomic mass is 16.6. The van der Waals surface area contributed by atoms with Crippen molar-refractivity contribution >= 4 is 12.0 Å². The number of carbonyl (C=O) groups excluding carboxylic acids is 2. The third-order valence-corrected chi connectivity index (χ3v) is 5.91. The maximum Gasteiger partial charge on any atom is 0.410 e. The Bertz CT molecular complexity index is 900. The molecule has 4 rings (SSSR count). The van der Waals surface area contributed by atoms with Crippen LogP contribution in [0.4, 0.5) is 4.79 Å². The van der Waals surface area contributed by atoms with E-state index in [0.29, 0.717) is 51.2 Å². The van der Waals surface area contributed by atoms with Gasteiger partial charge in [-0.1, -0.05) is 29.8 Å². The minimum atomic E-state index is -0.489. The fourth-order valence-corrected chi connectivity index (χ4v) is 4.15. The number of likely N-dealkylation sites (tertiary alicyclic amines) is 1. The predicted octanol–water partition coefficient (Wildman–Crippen LogP) is 4.02. The van der Waals surface area contributed by atoms with E-state index in [4.69, 9.17) is 9.47 Å². The van der Waals surface area contributed by atoms with Crippen molar-refractivity contribution in [3.05, 3.63) is 65.2 Å². The van der Waals surface area contributed by atoms with Gasteiger partial charge in [0.25, 0.3) is 5.91 Å². The van der Waals surface area contributed by atoms with Gasteiger partial charge in [0.1, 0.15) is 11.4 Å². The van der Waals surface area contributed by atoms with Crippen molar-refractivity contribution in [2.75, 3.05) is 26.2 Å². The Kier molecular flexibility index (Phi) is 5.66. The third-order valence-electron chi connectivity index (χ3n) is 5.91. The van der Waals surface area contributed by atoms with Crippen molar-refractivity contribution < 1.29 is 19.1 Å². The van der Waals surface area contributed by atoms with Crippen LogP contribution in [0.2, 0.25) is 0 Å². The summed E-state index contributed by atoms with van der Waals surface area (Å²) in [5, 5.41) is 0. The number of aryl methyl sites for hydroxylation is 1. The first-order valence-electron chi connectivity index (χ1n) is 10.5. The standard InChI is InChI=1S/C24H28N2O4/c1-3-29-21-10-8-20(9-11-21)22(27)25-14-12-24(13-15-25)17-26(23(28)30-24)16-19-6-4-18(2)5-7-19/h4-11H,3,12-17H2,1-2H3. The summed E-state index contributed by atoms with van der Waals surface area (Å²) in [4.78, 5) is 28.9. The van der Waals surface area contributed by atoms with Crippen molar-refractivity contribution in [2.45, 2.75) is 38.8 Å². The Morgan fingerprint density at radius 1 is 1.07 bits per heavy atom. The summed E-state index contributed by atoms with van der Waals surface area (Å²) < 4.78 is 11.2.